The maximum atomic E-state index is 4.03. The number of fused-ring (bicyclic) bond motifs is 1. The van der Waals surface area contributed by atoms with E-state index in [1.54, 1.807) is 21.1 Å². The molecule has 460 valence electrons. The molecule has 4 nitrogen and oxygen atoms in total. The van der Waals surface area contributed by atoms with Crippen molar-refractivity contribution in [2.75, 3.05) is 28.2 Å². The van der Waals surface area contributed by atoms with Crippen molar-refractivity contribution < 1.29 is 0 Å². The lowest BCUT2D eigenvalue weighted by Gasteiger charge is -2.12. The second-order valence-electron chi connectivity index (χ2n) is 18.6. The molecule has 0 radical (unpaired) electrons. The minimum atomic E-state index is 0. The van der Waals surface area contributed by atoms with E-state index in [1.165, 1.54) is 202 Å². The van der Waals surface area contributed by atoms with Gasteiger partial charge < -0.3 is 10.0 Å². The highest BCUT2D eigenvalue weighted by Gasteiger charge is 2.06. The maximum Gasteiger partial charge on any atom is 0.0318 e. The van der Waals surface area contributed by atoms with Crippen molar-refractivity contribution in [3.63, 3.8) is 0 Å². The highest BCUT2D eigenvalue weighted by Crippen LogP contribution is 2.26. The standard InChI is InChI=1S/C26H40.C22H38.2C5H12N2.3C2H6.8CH4/c1-3-5-7-9-10-12-14-18-24-22-21-23(17-13-11-8-6-4-2)25-19-15-16-20-26(24)25;1-3-5-7-9-10-12-14-16-22-19-17-21(18-20-22)15-13-11-8-6-4-2;2*1-5(2)6-7(3)4;3*1-2;;;;;;;;/h15-16,19-22H,3-14,17-18H2,1-2H3;17-20H,3-16H2,1-2H3;2*1-4H3;3*1-2H3;8*1H4. The van der Waals surface area contributed by atoms with Crippen molar-refractivity contribution in [2.45, 2.75) is 336 Å². The highest BCUT2D eigenvalue weighted by atomic mass is 15.4. The number of rotatable bonds is 30. The quantitative estimate of drug-likeness (QED) is 0.0378. The van der Waals surface area contributed by atoms with Gasteiger partial charge in [-0.1, -0.05) is 318 Å². The number of hydrogen-bond donors (Lipinski definition) is 0. The van der Waals surface area contributed by atoms with Gasteiger partial charge >= 0.3 is 0 Å². The van der Waals surface area contributed by atoms with E-state index in [0.29, 0.717) is 0 Å². The second-order valence-corrected chi connectivity index (χ2v) is 18.6. The Labute approximate surface area is 487 Å². The summed E-state index contributed by atoms with van der Waals surface area (Å²) in [5, 5.41) is 14.6. The van der Waals surface area contributed by atoms with Crippen LogP contribution in [0.3, 0.4) is 0 Å². The van der Waals surface area contributed by atoms with Crippen LogP contribution in [0.15, 0.2) is 70.9 Å². The molecule has 3 aromatic carbocycles. The summed E-state index contributed by atoms with van der Waals surface area (Å²) in [6.07, 6.45) is 38.3. The van der Waals surface area contributed by atoms with E-state index in [-0.39, 0.29) is 59.4 Å². The van der Waals surface area contributed by atoms with Crippen molar-refractivity contribution in [3.05, 3.63) is 82.9 Å². The van der Waals surface area contributed by atoms with E-state index < -0.39 is 0 Å². The van der Waals surface area contributed by atoms with E-state index >= 15 is 0 Å². The van der Waals surface area contributed by atoms with Crippen molar-refractivity contribution in [1.29, 1.82) is 0 Å². The zero-order valence-electron chi connectivity index (χ0n) is 49.4. The molecule has 76 heavy (non-hydrogen) atoms. The van der Waals surface area contributed by atoms with Gasteiger partial charge in [-0.05, 0) is 112 Å². The van der Waals surface area contributed by atoms with Crippen LogP contribution >= 0.6 is 0 Å². The number of nitrogens with zero attached hydrogens (tertiary/aromatic N) is 4. The van der Waals surface area contributed by atoms with Crippen LogP contribution in [-0.2, 0) is 25.7 Å². The molecule has 0 fully saturated rings. The van der Waals surface area contributed by atoms with Crippen molar-refractivity contribution in [3.8, 4) is 0 Å². The molecule has 3 aromatic rings. The Bertz CT molecular complexity index is 1460. The average Bonchev–Trinajstić information content (AvgIpc) is 3.33. The third-order valence-electron chi connectivity index (χ3n) is 11.2. The normalized spacial score (nSPS) is 8.76. The van der Waals surface area contributed by atoms with Gasteiger partial charge in [0.05, 0.1) is 0 Å². The van der Waals surface area contributed by atoms with Crippen molar-refractivity contribution in [1.82, 2.24) is 10.0 Å². The highest BCUT2D eigenvalue weighted by molar-refractivity contribution is 5.88. The maximum absolute atomic E-state index is 4.03. The summed E-state index contributed by atoms with van der Waals surface area (Å²) in [6, 6.07) is 23.4. The van der Waals surface area contributed by atoms with Crippen LogP contribution in [0.4, 0.5) is 0 Å². The predicted octanol–water partition coefficient (Wildman–Crippen LogP) is 26.2. The van der Waals surface area contributed by atoms with E-state index in [4.69, 9.17) is 0 Å². The first kappa shape index (κ1) is 102. The molecule has 0 aliphatic heterocycles. The van der Waals surface area contributed by atoms with Crippen LogP contribution in [0.25, 0.3) is 10.8 Å². The molecule has 0 saturated heterocycles. The predicted molar refractivity (Wildman–Crippen MR) is 372 cm³/mol. The first-order valence-electron chi connectivity index (χ1n) is 28.9. The van der Waals surface area contributed by atoms with Gasteiger partial charge in [-0.15, -0.1) is 0 Å². The Kier molecular flexibility index (Phi) is 108. The summed E-state index contributed by atoms with van der Waals surface area (Å²) >= 11 is 0. The molecule has 4 heteroatoms. The first-order chi connectivity index (χ1) is 33.0. The zero-order chi connectivity index (χ0) is 52.1. The van der Waals surface area contributed by atoms with Gasteiger partial charge in [0.1, 0.15) is 0 Å². The molecule has 0 saturated carbocycles. The largest absolute Gasteiger partial charge is 0.303 e. The van der Waals surface area contributed by atoms with Crippen LogP contribution in [0, 0.1) is 0 Å². The summed E-state index contributed by atoms with van der Waals surface area (Å²) in [5.74, 6) is 0. The molecule has 3 rings (SSSR count). The van der Waals surface area contributed by atoms with Crippen molar-refractivity contribution in [2.24, 2.45) is 10.2 Å². The molecule has 0 aromatic heterocycles. The first-order valence-corrected chi connectivity index (χ1v) is 28.9. The van der Waals surface area contributed by atoms with E-state index in [2.05, 4.69) is 98.6 Å². The minimum absolute atomic E-state index is 0. The van der Waals surface area contributed by atoms with Crippen LogP contribution in [0.2, 0.25) is 0 Å². The molecular weight excluding hydrogens is 921 g/mol. The summed E-state index contributed by atoms with van der Waals surface area (Å²) in [6.45, 7) is 29.0. The van der Waals surface area contributed by atoms with Gasteiger partial charge in [0.2, 0.25) is 0 Å². The SMILES string of the molecule is C.C.C.C.C.C.C.C.CC.CC.CC.CC(C)=NN(C)C.CC(C)=NN(C)C.CCCCCCCCCc1ccc(CCCCCCC)c2ccccc12.CCCCCCCCCc1ccc(CCCCCCC)cc1. The molecule has 0 spiro atoms. The summed E-state index contributed by atoms with van der Waals surface area (Å²) in [7, 11) is 7.64. The second kappa shape index (κ2) is 80.7. The average molecular weight is 1070 g/mol. The Hall–Kier alpha value is -3.14. The van der Waals surface area contributed by atoms with Crippen molar-refractivity contribution >= 4 is 22.2 Å². The van der Waals surface area contributed by atoms with E-state index in [9.17, 15) is 0 Å². The molecule has 0 N–H and O–H groups in total. The number of benzene rings is 3. The lowest BCUT2D eigenvalue weighted by molar-refractivity contribution is 0.437. The molecule has 0 atom stereocenters. The smallest absolute Gasteiger partial charge is 0.0318 e. The van der Waals surface area contributed by atoms with Crippen LogP contribution in [0.5, 0.6) is 0 Å². The molecule has 0 amide bonds. The number of aryl methyl sites for hydroxylation is 4. The fourth-order valence-corrected chi connectivity index (χ4v) is 7.94. The summed E-state index contributed by atoms with van der Waals surface area (Å²) in [4.78, 5) is 0. The van der Waals surface area contributed by atoms with Gasteiger partial charge in [-0.25, -0.2) is 0 Å². The molecule has 0 bridgehead atoms. The Morgan fingerprint density at radius 2 is 0.513 bits per heavy atom. The number of hydrogen-bond acceptors (Lipinski definition) is 4. The fraction of sp³-hybridized carbons (Fsp3) is 0.750. The monoisotopic (exact) mass is 1070 g/mol. The topological polar surface area (TPSA) is 31.2 Å². The van der Waals surface area contributed by atoms with Gasteiger partial charge in [-0.3, -0.25) is 0 Å². The number of unbranched alkanes of at least 4 members (excludes halogenated alkanes) is 20. The van der Waals surface area contributed by atoms with Crippen LogP contribution < -0.4 is 0 Å². The third-order valence-corrected chi connectivity index (χ3v) is 11.2. The van der Waals surface area contributed by atoms with Gasteiger partial charge in [0, 0.05) is 39.6 Å². The number of hydrazone groups is 2. The Morgan fingerprint density at radius 1 is 0.303 bits per heavy atom. The van der Waals surface area contributed by atoms with E-state index in [0.717, 1.165) is 11.4 Å². The lowest BCUT2D eigenvalue weighted by Crippen LogP contribution is -2.03. The molecule has 0 aliphatic carbocycles. The Morgan fingerprint density at radius 3 is 0.711 bits per heavy atom. The molecular formula is C72H152N4. The molecule has 0 heterocycles. The van der Waals surface area contributed by atoms with Crippen LogP contribution in [0.1, 0.15) is 333 Å². The third kappa shape index (κ3) is 68.9. The molecule has 0 unspecified atom stereocenters. The molecule has 0 aliphatic rings. The minimum Gasteiger partial charge on any atom is -0.303 e. The van der Waals surface area contributed by atoms with E-state index in [1.807, 2.05) is 97.4 Å². The Balaban J connectivity index is -0.0000000744. The van der Waals surface area contributed by atoms with Gasteiger partial charge in [0.15, 0.2) is 0 Å². The van der Waals surface area contributed by atoms with Crippen LogP contribution in [-0.4, -0.2) is 49.6 Å². The zero-order valence-corrected chi connectivity index (χ0v) is 49.4. The lowest BCUT2D eigenvalue weighted by atomic mass is 9.93. The summed E-state index contributed by atoms with van der Waals surface area (Å²) < 4.78 is 0. The summed E-state index contributed by atoms with van der Waals surface area (Å²) in [5.41, 5.74) is 8.35. The van der Waals surface area contributed by atoms with Gasteiger partial charge in [0.25, 0.3) is 0 Å². The fourth-order valence-electron chi connectivity index (χ4n) is 7.94. The van der Waals surface area contributed by atoms with Gasteiger partial charge in [-0.2, -0.15) is 10.2 Å².